The summed E-state index contributed by atoms with van der Waals surface area (Å²) >= 11 is 0. The first-order chi connectivity index (χ1) is 12.3. The lowest BCUT2D eigenvalue weighted by Crippen LogP contribution is -1.91. The van der Waals surface area contributed by atoms with E-state index in [0.717, 1.165) is 30.4 Å². The average molecular weight is 330 g/mol. The van der Waals surface area contributed by atoms with E-state index < -0.39 is 0 Å². The fourth-order valence-electron chi connectivity index (χ4n) is 3.23. The van der Waals surface area contributed by atoms with Crippen molar-refractivity contribution < 1.29 is 5.11 Å². The van der Waals surface area contributed by atoms with Gasteiger partial charge in [-0.25, -0.2) is 0 Å². The zero-order valence-electron chi connectivity index (χ0n) is 14.9. The maximum Gasteiger partial charge on any atom is 0.123 e. The smallest absolute Gasteiger partial charge is 0.123 e. The molecule has 0 aliphatic heterocycles. The molecule has 0 saturated heterocycles. The van der Waals surface area contributed by atoms with E-state index in [2.05, 4.69) is 55.5 Å². The SMILES string of the molecule is CCc1cccc(CCCCc2ccc(-c3ccccc3O)cc2)c1. The van der Waals surface area contributed by atoms with Crippen molar-refractivity contribution in [1.29, 1.82) is 0 Å². The minimum absolute atomic E-state index is 0.338. The van der Waals surface area contributed by atoms with Crippen LogP contribution in [-0.2, 0) is 19.3 Å². The predicted molar refractivity (Wildman–Crippen MR) is 106 cm³/mol. The Kier molecular flexibility index (Phi) is 5.90. The summed E-state index contributed by atoms with van der Waals surface area (Å²) in [6.45, 7) is 2.21. The summed E-state index contributed by atoms with van der Waals surface area (Å²) in [5.41, 5.74) is 6.20. The molecule has 0 unspecified atom stereocenters. The molecule has 0 amide bonds. The molecule has 0 radical (unpaired) electrons. The first kappa shape index (κ1) is 17.3. The Hall–Kier alpha value is -2.54. The summed E-state index contributed by atoms with van der Waals surface area (Å²) in [5, 5.41) is 9.95. The molecule has 128 valence electrons. The number of hydrogen-bond donors (Lipinski definition) is 1. The van der Waals surface area contributed by atoms with Crippen LogP contribution < -0.4 is 0 Å². The van der Waals surface area contributed by atoms with Gasteiger partial charge in [0.2, 0.25) is 0 Å². The molecule has 0 saturated carbocycles. The lowest BCUT2D eigenvalue weighted by Gasteiger charge is -2.07. The third-order valence-corrected chi connectivity index (χ3v) is 4.75. The molecule has 3 aromatic carbocycles. The molecule has 0 heterocycles. The summed E-state index contributed by atoms with van der Waals surface area (Å²) in [5.74, 6) is 0.338. The van der Waals surface area contributed by atoms with Crippen LogP contribution in [0.15, 0.2) is 72.8 Å². The fourth-order valence-corrected chi connectivity index (χ4v) is 3.23. The number of hydrogen-bond acceptors (Lipinski definition) is 1. The second kappa shape index (κ2) is 8.53. The van der Waals surface area contributed by atoms with Gasteiger partial charge in [-0.3, -0.25) is 0 Å². The van der Waals surface area contributed by atoms with Crippen molar-refractivity contribution in [1.82, 2.24) is 0 Å². The molecule has 25 heavy (non-hydrogen) atoms. The Morgan fingerprint density at radius 1 is 0.680 bits per heavy atom. The Morgan fingerprint density at radius 2 is 1.36 bits per heavy atom. The Labute approximate surface area is 151 Å². The Balaban J connectivity index is 1.51. The van der Waals surface area contributed by atoms with Gasteiger partial charge in [-0.2, -0.15) is 0 Å². The van der Waals surface area contributed by atoms with Crippen molar-refractivity contribution in [2.24, 2.45) is 0 Å². The van der Waals surface area contributed by atoms with E-state index in [-0.39, 0.29) is 0 Å². The van der Waals surface area contributed by atoms with Crippen molar-refractivity contribution >= 4 is 0 Å². The van der Waals surface area contributed by atoms with Crippen molar-refractivity contribution in [2.45, 2.75) is 39.0 Å². The van der Waals surface area contributed by atoms with Crippen LogP contribution in [0, 0.1) is 0 Å². The second-order valence-corrected chi connectivity index (χ2v) is 6.59. The highest BCUT2D eigenvalue weighted by Crippen LogP contribution is 2.28. The Bertz CT molecular complexity index is 802. The monoisotopic (exact) mass is 330 g/mol. The van der Waals surface area contributed by atoms with Gasteiger partial charge in [0, 0.05) is 5.56 Å². The third kappa shape index (κ3) is 4.73. The van der Waals surface area contributed by atoms with Crippen molar-refractivity contribution in [3.05, 3.63) is 89.5 Å². The number of benzene rings is 3. The number of aromatic hydroxyl groups is 1. The molecule has 1 N–H and O–H groups in total. The van der Waals surface area contributed by atoms with Crippen LogP contribution in [0.5, 0.6) is 5.75 Å². The van der Waals surface area contributed by atoms with Crippen LogP contribution in [-0.4, -0.2) is 5.11 Å². The number of unbranched alkanes of at least 4 members (excludes halogenated alkanes) is 1. The lowest BCUT2D eigenvalue weighted by atomic mass is 9.99. The van der Waals surface area contributed by atoms with Gasteiger partial charge in [0.15, 0.2) is 0 Å². The van der Waals surface area contributed by atoms with E-state index in [0.29, 0.717) is 5.75 Å². The molecule has 0 bridgehead atoms. The largest absolute Gasteiger partial charge is 0.507 e. The van der Waals surface area contributed by atoms with Crippen molar-refractivity contribution in [2.75, 3.05) is 0 Å². The first-order valence-electron chi connectivity index (χ1n) is 9.21. The fraction of sp³-hybridized carbons (Fsp3) is 0.250. The van der Waals surface area contributed by atoms with Gasteiger partial charge in [0.25, 0.3) is 0 Å². The lowest BCUT2D eigenvalue weighted by molar-refractivity contribution is 0.477. The van der Waals surface area contributed by atoms with Gasteiger partial charge < -0.3 is 5.11 Å². The molecule has 0 spiro atoms. The van der Waals surface area contributed by atoms with Gasteiger partial charge in [0.1, 0.15) is 5.75 Å². The molecule has 1 nitrogen and oxygen atoms in total. The predicted octanol–water partition coefficient (Wildman–Crippen LogP) is 6.19. The summed E-state index contributed by atoms with van der Waals surface area (Å²) < 4.78 is 0. The van der Waals surface area contributed by atoms with Crippen molar-refractivity contribution in [3.8, 4) is 16.9 Å². The molecule has 1 heteroatoms. The first-order valence-corrected chi connectivity index (χ1v) is 9.21. The number of phenols is 1. The van der Waals surface area contributed by atoms with Gasteiger partial charge in [-0.15, -0.1) is 0 Å². The van der Waals surface area contributed by atoms with Gasteiger partial charge >= 0.3 is 0 Å². The molecule has 0 aliphatic rings. The molecule has 0 atom stereocenters. The third-order valence-electron chi connectivity index (χ3n) is 4.75. The number of para-hydroxylation sites is 1. The van der Waals surface area contributed by atoms with E-state index in [1.54, 1.807) is 6.07 Å². The maximum absolute atomic E-state index is 9.95. The quantitative estimate of drug-likeness (QED) is 0.512. The highest BCUT2D eigenvalue weighted by molar-refractivity contribution is 5.69. The molecule has 0 aliphatic carbocycles. The molecule has 0 aromatic heterocycles. The van der Waals surface area contributed by atoms with E-state index in [4.69, 9.17) is 0 Å². The van der Waals surface area contributed by atoms with Crippen molar-refractivity contribution in [3.63, 3.8) is 0 Å². The molecular weight excluding hydrogens is 304 g/mol. The summed E-state index contributed by atoms with van der Waals surface area (Å²) in [6, 6.07) is 25.0. The molecule has 0 fully saturated rings. The summed E-state index contributed by atoms with van der Waals surface area (Å²) in [7, 11) is 0. The standard InChI is InChI=1S/C24H26O/c1-2-19-10-7-11-21(18-19)9-4-3-8-20-14-16-22(17-15-20)23-12-5-6-13-24(23)25/h5-7,10-18,25H,2-4,8-9H2,1H3. The number of phenolic OH excluding ortho intramolecular Hbond substituents is 1. The van der Waals surface area contributed by atoms with E-state index in [1.807, 2.05) is 18.2 Å². The molecular formula is C24H26O. The van der Waals surface area contributed by atoms with Crippen LogP contribution in [0.4, 0.5) is 0 Å². The topological polar surface area (TPSA) is 20.2 Å². The van der Waals surface area contributed by atoms with Crippen LogP contribution in [0.2, 0.25) is 0 Å². The van der Waals surface area contributed by atoms with Gasteiger partial charge in [0.05, 0.1) is 0 Å². The normalized spacial score (nSPS) is 10.8. The van der Waals surface area contributed by atoms with E-state index in [9.17, 15) is 5.11 Å². The highest BCUT2D eigenvalue weighted by Gasteiger charge is 2.03. The van der Waals surface area contributed by atoms with Gasteiger partial charge in [-0.1, -0.05) is 73.7 Å². The zero-order valence-corrected chi connectivity index (χ0v) is 14.9. The minimum Gasteiger partial charge on any atom is -0.507 e. The Morgan fingerprint density at radius 3 is 2.08 bits per heavy atom. The van der Waals surface area contributed by atoms with Crippen LogP contribution in [0.3, 0.4) is 0 Å². The number of aryl methyl sites for hydroxylation is 3. The minimum atomic E-state index is 0.338. The highest BCUT2D eigenvalue weighted by atomic mass is 16.3. The summed E-state index contributed by atoms with van der Waals surface area (Å²) in [6.07, 6.45) is 5.79. The van der Waals surface area contributed by atoms with Crippen LogP contribution in [0.25, 0.3) is 11.1 Å². The van der Waals surface area contributed by atoms with Crippen LogP contribution >= 0.6 is 0 Å². The maximum atomic E-state index is 9.95. The molecule has 3 aromatic rings. The number of rotatable bonds is 7. The second-order valence-electron chi connectivity index (χ2n) is 6.59. The van der Waals surface area contributed by atoms with E-state index in [1.165, 1.54) is 29.5 Å². The van der Waals surface area contributed by atoms with E-state index >= 15 is 0 Å². The van der Waals surface area contributed by atoms with Crippen LogP contribution in [0.1, 0.15) is 36.5 Å². The average Bonchev–Trinajstić information content (AvgIpc) is 2.66. The molecule has 3 rings (SSSR count). The summed E-state index contributed by atoms with van der Waals surface area (Å²) in [4.78, 5) is 0. The van der Waals surface area contributed by atoms with Gasteiger partial charge in [-0.05, 0) is 60.4 Å². The zero-order chi connectivity index (χ0) is 17.5.